The van der Waals surface area contributed by atoms with Crippen molar-refractivity contribution in [1.82, 2.24) is 0 Å². The molecule has 0 N–H and O–H groups in total. The second-order valence-electron chi connectivity index (χ2n) is 2.59. The SMILES string of the molecule is O=C([O-])c1cccc(C(=O)[O-])c1C(=O)[O-].[V+3]. The van der Waals surface area contributed by atoms with Crippen LogP contribution in [0.2, 0.25) is 0 Å². The van der Waals surface area contributed by atoms with Gasteiger partial charge in [0.1, 0.15) is 0 Å². The maximum atomic E-state index is 10.6. The number of rotatable bonds is 3. The van der Waals surface area contributed by atoms with Gasteiger partial charge in [0.05, 0.1) is 17.9 Å². The molecule has 0 unspecified atom stereocenters. The van der Waals surface area contributed by atoms with Crippen LogP contribution in [-0.2, 0) is 18.6 Å². The molecule has 0 spiro atoms. The van der Waals surface area contributed by atoms with Gasteiger partial charge in [-0.2, -0.15) is 0 Å². The number of carbonyl (C=O) groups is 3. The Morgan fingerprint density at radius 2 is 1.19 bits per heavy atom. The molecular weight excluding hydrogens is 255 g/mol. The Bertz CT molecular complexity index is 421. The van der Waals surface area contributed by atoms with E-state index < -0.39 is 34.6 Å². The second-order valence-corrected chi connectivity index (χ2v) is 2.59. The molecule has 1 rings (SSSR count). The number of hydrogen-bond acceptors (Lipinski definition) is 6. The molecule has 0 aliphatic rings. The van der Waals surface area contributed by atoms with Crippen LogP contribution in [0.4, 0.5) is 0 Å². The van der Waals surface area contributed by atoms with Crippen LogP contribution < -0.4 is 15.3 Å². The molecular formula is C9H3O6V. The molecule has 0 aliphatic heterocycles. The summed E-state index contributed by atoms with van der Waals surface area (Å²) in [6, 6.07) is 2.89. The third kappa shape index (κ3) is 2.62. The minimum Gasteiger partial charge on any atom is -0.545 e. The zero-order valence-corrected chi connectivity index (χ0v) is 9.03. The normalized spacial score (nSPS) is 9.00. The first-order valence-electron chi connectivity index (χ1n) is 3.72. The molecule has 0 saturated heterocycles. The van der Waals surface area contributed by atoms with Crippen LogP contribution in [0.25, 0.3) is 0 Å². The third-order valence-electron chi connectivity index (χ3n) is 1.71. The van der Waals surface area contributed by atoms with Gasteiger partial charge in [-0.05, 0) is 0 Å². The van der Waals surface area contributed by atoms with E-state index >= 15 is 0 Å². The van der Waals surface area contributed by atoms with E-state index in [1.165, 1.54) is 0 Å². The number of carboxylic acid groups (broad SMARTS) is 3. The summed E-state index contributed by atoms with van der Waals surface area (Å²) >= 11 is 0. The van der Waals surface area contributed by atoms with Crippen molar-refractivity contribution in [2.75, 3.05) is 0 Å². The molecule has 0 saturated carbocycles. The Morgan fingerprint density at radius 3 is 1.44 bits per heavy atom. The van der Waals surface area contributed by atoms with Gasteiger partial charge >= 0.3 is 18.6 Å². The molecule has 0 amide bonds. The molecule has 1 aromatic rings. The summed E-state index contributed by atoms with van der Waals surface area (Å²) in [6.07, 6.45) is 0. The number of carbonyl (C=O) groups excluding carboxylic acids is 3. The van der Waals surface area contributed by atoms with Crippen LogP contribution >= 0.6 is 0 Å². The molecule has 0 heterocycles. The fourth-order valence-corrected chi connectivity index (χ4v) is 1.11. The largest absolute Gasteiger partial charge is 3.00 e. The summed E-state index contributed by atoms with van der Waals surface area (Å²) in [5.74, 6) is -5.50. The van der Waals surface area contributed by atoms with E-state index in [0.717, 1.165) is 18.2 Å². The first-order valence-corrected chi connectivity index (χ1v) is 3.72. The molecule has 0 radical (unpaired) electrons. The standard InChI is InChI=1S/C9H6O6.V/c10-7(11)4-2-1-3-5(8(12)13)6(4)9(14)15;/h1-3H,(H,10,11)(H,12,13)(H,14,15);/q;+3/p-3. The molecule has 16 heavy (non-hydrogen) atoms. The van der Waals surface area contributed by atoms with Crippen molar-refractivity contribution in [2.45, 2.75) is 0 Å². The third-order valence-corrected chi connectivity index (χ3v) is 1.71. The Labute approximate surface area is 101 Å². The smallest absolute Gasteiger partial charge is 0.545 e. The van der Waals surface area contributed by atoms with Gasteiger partial charge in [0, 0.05) is 16.7 Å². The van der Waals surface area contributed by atoms with Crippen molar-refractivity contribution in [1.29, 1.82) is 0 Å². The van der Waals surface area contributed by atoms with E-state index in [-0.39, 0.29) is 18.6 Å². The molecule has 1 aromatic carbocycles. The first-order chi connectivity index (χ1) is 6.95. The van der Waals surface area contributed by atoms with Gasteiger partial charge in [0.15, 0.2) is 0 Å². The van der Waals surface area contributed by atoms with E-state index in [9.17, 15) is 29.7 Å². The summed E-state index contributed by atoms with van der Waals surface area (Å²) in [4.78, 5) is 31.5. The van der Waals surface area contributed by atoms with Gasteiger partial charge in [-0.15, -0.1) is 0 Å². The molecule has 0 fully saturated rings. The zero-order valence-electron chi connectivity index (χ0n) is 7.63. The average molecular weight is 258 g/mol. The summed E-state index contributed by atoms with van der Waals surface area (Å²) in [5, 5.41) is 31.5. The summed E-state index contributed by atoms with van der Waals surface area (Å²) < 4.78 is 0. The van der Waals surface area contributed by atoms with Crippen LogP contribution in [0.5, 0.6) is 0 Å². The second kappa shape index (κ2) is 5.34. The number of hydrogen-bond donors (Lipinski definition) is 0. The van der Waals surface area contributed by atoms with Crippen molar-refractivity contribution in [3.8, 4) is 0 Å². The fraction of sp³-hybridized carbons (Fsp3) is 0. The topological polar surface area (TPSA) is 120 Å². The van der Waals surface area contributed by atoms with Gasteiger partial charge in [-0.3, -0.25) is 0 Å². The maximum absolute atomic E-state index is 10.6. The van der Waals surface area contributed by atoms with Gasteiger partial charge < -0.3 is 29.7 Å². The Kier molecular flexibility index (Phi) is 4.74. The van der Waals surface area contributed by atoms with Crippen LogP contribution in [0.15, 0.2) is 18.2 Å². The zero-order chi connectivity index (χ0) is 11.6. The van der Waals surface area contributed by atoms with E-state index in [1.54, 1.807) is 0 Å². The van der Waals surface area contributed by atoms with Crippen LogP contribution in [0.3, 0.4) is 0 Å². The van der Waals surface area contributed by atoms with Crippen LogP contribution in [-0.4, -0.2) is 17.9 Å². The minimum absolute atomic E-state index is 0. The van der Waals surface area contributed by atoms with Gasteiger partial charge in [-0.25, -0.2) is 0 Å². The van der Waals surface area contributed by atoms with Crippen molar-refractivity contribution < 1.29 is 48.3 Å². The molecule has 80 valence electrons. The molecule has 0 aliphatic carbocycles. The predicted octanol–water partition coefficient (Wildman–Crippen LogP) is -3.23. The molecule has 0 atom stereocenters. The molecule has 6 nitrogen and oxygen atoms in total. The molecule has 0 aromatic heterocycles. The van der Waals surface area contributed by atoms with Crippen molar-refractivity contribution in [3.63, 3.8) is 0 Å². The Morgan fingerprint density at radius 1 is 0.812 bits per heavy atom. The van der Waals surface area contributed by atoms with E-state index in [2.05, 4.69) is 0 Å². The maximum Gasteiger partial charge on any atom is 3.00 e. The van der Waals surface area contributed by atoms with Crippen molar-refractivity contribution in [3.05, 3.63) is 34.9 Å². The van der Waals surface area contributed by atoms with E-state index in [1.807, 2.05) is 0 Å². The van der Waals surface area contributed by atoms with Gasteiger partial charge in [-0.1, -0.05) is 18.2 Å². The van der Waals surface area contributed by atoms with Crippen molar-refractivity contribution >= 4 is 17.9 Å². The molecule has 7 heteroatoms. The Hall–Kier alpha value is -1.79. The number of aromatic carboxylic acids is 3. The predicted molar refractivity (Wildman–Crippen MR) is 39.4 cm³/mol. The van der Waals surface area contributed by atoms with Crippen LogP contribution in [0.1, 0.15) is 31.1 Å². The fourth-order valence-electron chi connectivity index (χ4n) is 1.11. The first kappa shape index (κ1) is 14.2. The average Bonchev–Trinajstić information content (AvgIpc) is 2.16. The van der Waals surface area contributed by atoms with E-state index in [4.69, 9.17) is 0 Å². The number of carboxylic acids is 3. The van der Waals surface area contributed by atoms with Gasteiger partial charge in [0.2, 0.25) is 0 Å². The van der Waals surface area contributed by atoms with E-state index in [0.29, 0.717) is 0 Å². The Balaban J connectivity index is 0.00000225. The number of benzene rings is 1. The summed E-state index contributed by atoms with van der Waals surface area (Å²) in [5.41, 5.74) is -2.45. The molecule has 0 bridgehead atoms. The quantitative estimate of drug-likeness (QED) is 0.562. The summed E-state index contributed by atoms with van der Waals surface area (Å²) in [6.45, 7) is 0. The van der Waals surface area contributed by atoms with Gasteiger partial charge in [0.25, 0.3) is 0 Å². The van der Waals surface area contributed by atoms with Crippen LogP contribution in [0, 0.1) is 0 Å². The minimum atomic E-state index is -1.91. The summed E-state index contributed by atoms with van der Waals surface area (Å²) in [7, 11) is 0. The monoisotopic (exact) mass is 258 g/mol. The van der Waals surface area contributed by atoms with Crippen molar-refractivity contribution in [2.24, 2.45) is 0 Å².